The normalized spacial score (nSPS) is 26.2. The van der Waals surface area contributed by atoms with Crippen molar-refractivity contribution >= 4 is 15.9 Å². The van der Waals surface area contributed by atoms with Gasteiger partial charge in [0.15, 0.2) is 0 Å². The van der Waals surface area contributed by atoms with E-state index in [1.54, 1.807) is 0 Å². The van der Waals surface area contributed by atoms with Gasteiger partial charge >= 0.3 is 0 Å². The van der Waals surface area contributed by atoms with Crippen LogP contribution in [-0.2, 0) is 0 Å². The summed E-state index contributed by atoms with van der Waals surface area (Å²) in [6.07, 6.45) is 0.854. The van der Waals surface area contributed by atoms with Crippen molar-refractivity contribution in [3.63, 3.8) is 0 Å². The molecule has 0 aromatic heterocycles. The maximum absolute atomic E-state index is 11.4. The molecule has 0 unspecified atom stereocenters. The average Bonchev–Trinajstić information content (AvgIpc) is 1.73. The van der Waals surface area contributed by atoms with Crippen LogP contribution >= 0.6 is 15.9 Å². The summed E-state index contributed by atoms with van der Waals surface area (Å²) in [5.74, 6) is -2.58. The van der Waals surface area contributed by atoms with Gasteiger partial charge in [-0.1, -0.05) is 0 Å². The summed E-state index contributed by atoms with van der Waals surface area (Å²) in [7, 11) is 0. The molecule has 0 aromatic carbocycles. The van der Waals surface area contributed by atoms with Crippen LogP contribution in [0.2, 0.25) is 0 Å². The second-order valence-corrected chi connectivity index (χ2v) is 1.97. The molecule has 0 aromatic rings. The quantitative estimate of drug-likeness (QED) is 0.501. The third-order valence-electron chi connectivity index (χ3n) is 0.543. The van der Waals surface area contributed by atoms with Crippen LogP contribution in [0.15, 0.2) is 10.6 Å². The molecular weight excluding hydrogens is 154 g/mol. The first-order chi connectivity index (χ1) is 2.63. The zero-order valence-electron chi connectivity index (χ0n) is 2.71. The van der Waals surface area contributed by atoms with Crippen molar-refractivity contribution in [2.75, 3.05) is 0 Å². The monoisotopic (exact) mass is 154 g/mol. The van der Waals surface area contributed by atoms with Crippen molar-refractivity contribution in [1.82, 2.24) is 0 Å². The van der Waals surface area contributed by atoms with E-state index in [0.717, 1.165) is 6.08 Å². The Bertz CT molecular complexity index is 105. The summed E-state index contributed by atoms with van der Waals surface area (Å²) in [4.78, 5) is 0. The van der Waals surface area contributed by atoms with Gasteiger partial charge in [-0.15, -0.1) is 0 Å². The lowest BCUT2D eigenvalue weighted by Gasteiger charge is -1.83. The molecular formula is C3HBrF2. The predicted molar refractivity (Wildman–Crippen MR) is 22.0 cm³/mol. The average molecular weight is 155 g/mol. The van der Waals surface area contributed by atoms with Gasteiger partial charge in [0.25, 0.3) is 5.92 Å². The molecule has 0 saturated heterocycles. The molecule has 0 spiro atoms. The maximum atomic E-state index is 11.4. The lowest BCUT2D eigenvalue weighted by Crippen LogP contribution is -1.87. The molecule has 0 heterocycles. The molecule has 0 radical (unpaired) electrons. The summed E-state index contributed by atoms with van der Waals surface area (Å²) in [5.41, 5.74) is 0. The maximum Gasteiger partial charge on any atom is 0.299 e. The number of halogens is 3. The minimum Gasteiger partial charge on any atom is -0.196 e. The van der Waals surface area contributed by atoms with Gasteiger partial charge in [-0.3, -0.25) is 0 Å². The van der Waals surface area contributed by atoms with E-state index < -0.39 is 5.92 Å². The molecule has 3 heteroatoms. The number of hydrogen-bond acceptors (Lipinski definition) is 0. The lowest BCUT2D eigenvalue weighted by molar-refractivity contribution is 0.150. The molecule has 1 rings (SSSR count). The fraction of sp³-hybridized carbons (Fsp3) is 0.333. The Morgan fingerprint density at radius 2 is 1.83 bits per heavy atom. The van der Waals surface area contributed by atoms with E-state index in [-0.39, 0.29) is 4.48 Å². The summed E-state index contributed by atoms with van der Waals surface area (Å²) in [6, 6.07) is 0. The Kier molecular flexibility index (Phi) is 0.589. The van der Waals surface area contributed by atoms with E-state index >= 15 is 0 Å². The minimum absolute atomic E-state index is 0.00926. The number of rotatable bonds is 0. The molecule has 1 aliphatic carbocycles. The summed E-state index contributed by atoms with van der Waals surface area (Å²) >= 11 is 2.61. The van der Waals surface area contributed by atoms with Crippen LogP contribution in [0, 0.1) is 0 Å². The van der Waals surface area contributed by atoms with E-state index in [1.807, 2.05) is 0 Å². The van der Waals surface area contributed by atoms with E-state index in [9.17, 15) is 8.78 Å². The molecule has 0 bridgehead atoms. The van der Waals surface area contributed by atoms with Crippen molar-refractivity contribution in [2.45, 2.75) is 5.92 Å². The molecule has 0 atom stereocenters. The highest BCUT2D eigenvalue weighted by atomic mass is 79.9. The Hall–Kier alpha value is 0.0800. The van der Waals surface area contributed by atoms with E-state index in [1.165, 1.54) is 0 Å². The van der Waals surface area contributed by atoms with Crippen molar-refractivity contribution in [1.29, 1.82) is 0 Å². The van der Waals surface area contributed by atoms with Gasteiger partial charge in [0.05, 0.1) is 4.48 Å². The zero-order chi connectivity index (χ0) is 4.78. The van der Waals surface area contributed by atoms with Gasteiger partial charge in [0, 0.05) is 6.08 Å². The first-order valence-electron chi connectivity index (χ1n) is 1.39. The van der Waals surface area contributed by atoms with Crippen molar-refractivity contribution in [3.8, 4) is 0 Å². The predicted octanol–water partition coefficient (Wildman–Crippen LogP) is 1.91. The number of allylic oxidation sites excluding steroid dienone is 2. The third kappa shape index (κ3) is 0.469. The van der Waals surface area contributed by atoms with Gasteiger partial charge in [-0.25, -0.2) is 0 Å². The fourth-order valence-electron chi connectivity index (χ4n) is 0.123. The highest BCUT2D eigenvalue weighted by Gasteiger charge is 2.43. The van der Waals surface area contributed by atoms with Crippen LogP contribution in [-0.4, -0.2) is 5.92 Å². The topological polar surface area (TPSA) is 0 Å². The Labute approximate surface area is 42.0 Å². The van der Waals surface area contributed by atoms with Crippen LogP contribution < -0.4 is 0 Å². The molecule has 0 aliphatic heterocycles. The SMILES string of the molecule is FC1(F)C=C1Br. The summed E-state index contributed by atoms with van der Waals surface area (Å²) in [5, 5.41) is 0. The van der Waals surface area contributed by atoms with Crippen molar-refractivity contribution in [2.24, 2.45) is 0 Å². The molecule has 34 valence electrons. The highest BCUT2D eigenvalue weighted by molar-refractivity contribution is 9.12. The molecule has 1 aliphatic rings. The first-order valence-corrected chi connectivity index (χ1v) is 2.19. The van der Waals surface area contributed by atoms with Gasteiger partial charge in [0.1, 0.15) is 0 Å². The lowest BCUT2D eigenvalue weighted by atomic mass is 10.7. The standard InChI is InChI=1S/C3HBrF2/c4-2-1-3(2,5)6/h1H. The number of alkyl halides is 2. The van der Waals surface area contributed by atoms with Crippen LogP contribution in [0.1, 0.15) is 0 Å². The molecule has 0 saturated carbocycles. The van der Waals surface area contributed by atoms with Crippen LogP contribution in [0.4, 0.5) is 8.78 Å². The van der Waals surface area contributed by atoms with Gasteiger partial charge in [0.2, 0.25) is 0 Å². The largest absolute Gasteiger partial charge is 0.299 e. The summed E-state index contributed by atoms with van der Waals surface area (Å²) in [6.45, 7) is 0. The Morgan fingerprint density at radius 3 is 1.83 bits per heavy atom. The van der Waals surface area contributed by atoms with Crippen molar-refractivity contribution < 1.29 is 8.78 Å². The second-order valence-electron chi connectivity index (χ2n) is 1.12. The smallest absolute Gasteiger partial charge is 0.196 e. The molecule has 0 fully saturated rings. The van der Waals surface area contributed by atoms with E-state index in [2.05, 4.69) is 15.9 Å². The van der Waals surface area contributed by atoms with Gasteiger partial charge < -0.3 is 0 Å². The van der Waals surface area contributed by atoms with E-state index in [0.29, 0.717) is 0 Å². The second kappa shape index (κ2) is 0.832. The van der Waals surface area contributed by atoms with E-state index in [4.69, 9.17) is 0 Å². The third-order valence-corrected chi connectivity index (χ3v) is 1.30. The van der Waals surface area contributed by atoms with Crippen LogP contribution in [0.25, 0.3) is 0 Å². The summed E-state index contributed by atoms with van der Waals surface area (Å²) < 4.78 is 22.8. The number of hydrogen-bond donors (Lipinski definition) is 0. The van der Waals surface area contributed by atoms with Gasteiger partial charge in [-0.2, -0.15) is 8.78 Å². The highest BCUT2D eigenvalue weighted by Crippen LogP contribution is 2.43. The van der Waals surface area contributed by atoms with Gasteiger partial charge in [-0.05, 0) is 15.9 Å². The van der Waals surface area contributed by atoms with Crippen molar-refractivity contribution in [3.05, 3.63) is 10.6 Å². The zero-order valence-corrected chi connectivity index (χ0v) is 4.30. The van der Waals surface area contributed by atoms with Crippen LogP contribution in [0.5, 0.6) is 0 Å². The Balaban J connectivity index is 2.53. The molecule has 0 nitrogen and oxygen atoms in total. The fourth-order valence-corrected chi connectivity index (χ4v) is 0.411. The minimum atomic E-state index is -2.58. The molecule has 0 amide bonds. The first kappa shape index (κ1) is 4.24. The molecule has 0 N–H and O–H groups in total. The Morgan fingerprint density at radius 1 is 1.67 bits per heavy atom. The molecule has 6 heavy (non-hydrogen) atoms. The van der Waals surface area contributed by atoms with Crippen LogP contribution in [0.3, 0.4) is 0 Å².